The molecule has 3 heterocycles. The quantitative estimate of drug-likeness (QED) is 0.497. The smallest absolute Gasteiger partial charge is 0.414 e. The van der Waals surface area contributed by atoms with Gasteiger partial charge in [0.15, 0.2) is 11.6 Å². The van der Waals surface area contributed by atoms with Crippen LogP contribution in [0.4, 0.5) is 33.7 Å². The number of piperazine rings is 1. The molecule has 2 amide bonds. The molecule has 0 spiro atoms. The van der Waals surface area contributed by atoms with Gasteiger partial charge in [-0.05, 0) is 7.05 Å². The summed E-state index contributed by atoms with van der Waals surface area (Å²) >= 11 is 0. The van der Waals surface area contributed by atoms with Crippen molar-refractivity contribution < 1.29 is 36.7 Å². The van der Waals surface area contributed by atoms with Gasteiger partial charge in [-0.3, -0.25) is 19.4 Å². The summed E-state index contributed by atoms with van der Waals surface area (Å²) in [6.45, 7) is 6.47. The number of hydrogen-bond acceptors (Lipinski definition) is 8. The van der Waals surface area contributed by atoms with E-state index >= 15 is 8.78 Å². The average molecular weight is 533 g/mol. The maximum absolute atomic E-state index is 15.1. The van der Waals surface area contributed by atoms with Crippen molar-refractivity contribution in [2.24, 2.45) is 0 Å². The van der Waals surface area contributed by atoms with Crippen molar-refractivity contribution in [3.8, 4) is 0 Å². The predicted molar refractivity (Wildman–Crippen MR) is 127 cm³/mol. The summed E-state index contributed by atoms with van der Waals surface area (Å²) in [6, 6.07) is 2.08. The summed E-state index contributed by atoms with van der Waals surface area (Å²) in [5, 5.41) is 3.79. The number of ether oxygens (including phenoxy) is 1. The van der Waals surface area contributed by atoms with Gasteiger partial charge >= 0.3 is 12.5 Å². The van der Waals surface area contributed by atoms with Crippen LogP contribution in [0.2, 0.25) is 0 Å². The molecule has 3 aliphatic rings. The van der Waals surface area contributed by atoms with Gasteiger partial charge in [0.05, 0.1) is 25.4 Å². The van der Waals surface area contributed by atoms with Crippen molar-refractivity contribution in [1.82, 2.24) is 20.2 Å². The van der Waals surface area contributed by atoms with Gasteiger partial charge in [0, 0.05) is 71.0 Å². The first-order valence-electron chi connectivity index (χ1n) is 12.3. The summed E-state index contributed by atoms with van der Waals surface area (Å²) in [4.78, 5) is 36.3. The van der Waals surface area contributed by atoms with Crippen LogP contribution in [0.5, 0.6) is 0 Å². The van der Waals surface area contributed by atoms with Crippen LogP contribution >= 0.6 is 0 Å². The second kappa shape index (κ2) is 12.2. The number of benzene rings is 1. The largest absolute Gasteiger partial charge is 0.442 e. The van der Waals surface area contributed by atoms with Gasteiger partial charge in [0.25, 0.3) is 5.91 Å². The number of cyclic esters (lactones) is 1. The maximum atomic E-state index is 15.1. The summed E-state index contributed by atoms with van der Waals surface area (Å²) in [6.07, 6.45) is -5.01. The highest BCUT2D eigenvalue weighted by Crippen LogP contribution is 2.31. The third-order valence-corrected chi connectivity index (χ3v) is 6.72. The highest BCUT2D eigenvalue weighted by atomic mass is 19.3. The predicted octanol–water partition coefficient (Wildman–Crippen LogP) is 0.972. The number of halogens is 4. The van der Waals surface area contributed by atoms with Crippen molar-refractivity contribution in [2.75, 3.05) is 95.4 Å². The number of rotatable bonds is 8. The van der Waals surface area contributed by atoms with Crippen molar-refractivity contribution in [3.63, 3.8) is 0 Å². The van der Waals surface area contributed by atoms with Gasteiger partial charge in [-0.1, -0.05) is 0 Å². The third kappa shape index (κ3) is 7.00. The molecule has 1 N–H and O–H groups in total. The summed E-state index contributed by atoms with van der Waals surface area (Å²) in [5.74, 6) is -3.18. The number of amides is 2. The van der Waals surface area contributed by atoms with E-state index in [0.29, 0.717) is 19.6 Å². The molecule has 1 aromatic carbocycles. The van der Waals surface area contributed by atoms with Gasteiger partial charge in [0.2, 0.25) is 0 Å². The van der Waals surface area contributed by atoms with E-state index in [2.05, 4.69) is 16.8 Å². The molecule has 4 rings (SSSR count). The van der Waals surface area contributed by atoms with E-state index in [0.717, 1.165) is 49.8 Å². The lowest BCUT2D eigenvalue weighted by Crippen LogP contribution is -2.47. The van der Waals surface area contributed by atoms with Crippen LogP contribution in [0.25, 0.3) is 0 Å². The Morgan fingerprint density at radius 3 is 2.43 bits per heavy atom. The van der Waals surface area contributed by atoms with Gasteiger partial charge in [-0.15, -0.1) is 0 Å². The molecule has 0 aromatic heterocycles. The molecule has 3 saturated heterocycles. The molecule has 0 saturated carbocycles. The van der Waals surface area contributed by atoms with E-state index < -0.39 is 36.2 Å². The Hall–Kier alpha value is -2.68. The standard InChI is InChI=1S/C23H32F4N6O4/c1-29-2-4-30(5-3-29)6-8-32-9-7-31(10-11-36-32)20-18(24)12-16(13-19(20)25)33-15-17(37-23(33)35)14-28-22(34)21(26)27/h12-13,17,21H,2-11,14-15H2,1H3,(H,28,34). The number of carbonyl (C=O) groups is 2. The van der Waals surface area contributed by atoms with E-state index in [1.54, 1.807) is 4.90 Å². The van der Waals surface area contributed by atoms with Crippen LogP contribution in [0, 0.1) is 11.6 Å². The normalized spacial score (nSPS) is 22.4. The summed E-state index contributed by atoms with van der Waals surface area (Å²) < 4.78 is 59.9. The van der Waals surface area contributed by atoms with E-state index in [1.165, 1.54) is 0 Å². The lowest BCUT2D eigenvalue weighted by Gasteiger charge is -2.33. The molecule has 3 fully saturated rings. The minimum absolute atomic E-state index is 0.0636. The van der Waals surface area contributed by atoms with Crippen molar-refractivity contribution in [3.05, 3.63) is 23.8 Å². The zero-order valence-corrected chi connectivity index (χ0v) is 20.7. The molecular weight excluding hydrogens is 500 g/mol. The molecule has 10 nitrogen and oxygen atoms in total. The number of anilines is 2. The van der Waals surface area contributed by atoms with Crippen molar-refractivity contribution in [2.45, 2.75) is 12.5 Å². The second-order valence-corrected chi connectivity index (χ2v) is 9.31. The number of nitrogens with zero attached hydrogens (tertiary/aromatic N) is 5. The molecule has 3 aliphatic heterocycles. The Kier molecular flexibility index (Phi) is 9.05. The maximum Gasteiger partial charge on any atom is 0.414 e. The Morgan fingerprint density at radius 2 is 1.76 bits per heavy atom. The first-order chi connectivity index (χ1) is 17.7. The molecule has 1 unspecified atom stereocenters. The number of carbonyl (C=O) groups excluding carboxylic acids is 2. The Balaban J connectivity index is 1.33. The molecule has 0 bridgehead atoms. The molecule has 37 heavy (non-hydrogen) atoms. The number of hydroxylamine groups is 2. The van der Waals surface area contributed by atoms with Crippen LogP contribution < -0.4 is 15.1 Å². The van der Waals surface area contributed by atoms with E-state index in [4.69, 9.17) is 9.57 Å². The van der Waals surface area contributed by atoms with Crippen LogP contribution in [-0.4, -0.2) is 125 Å². The second-order valence-electron chi connectivity index (χ2n) is 9.31. The van der Waals surface area contributed by atoms with Crippen LogP contribution in [-0.2, 0) is 14.4 Å². The molecule has 206 valence electrons. The van der Waals surface area contributed by atoms with Crippen LogP contribution in [0.3, 0.4) is 0 Å². The zero-order chi connectivity index (χ0) is 26.5. The minimum atomic E-state index is -3.20. The lowest BCUT2D eigenvalue weighted by atomic mass is 10.2. The highest BCUT2D eigenvalue weighted by Gasteiger charge is 2.34. The first kappa shape index (κ1) is 27.4. The zero-order valence-electron chi connectivity index (χ0n) is 20.7. The first-order valence-corrected chi connectivity index (χ1v) is 12.3. The number of alkyl halides is 2. The fourth-order valence-corrected chi connectivity index (χ4v) is 4.55. The number of likely N-dealkylation sites (N-methyl/N-ethyl adjacent to an activating group) is 1. The number of nitrogens with one attached hydrogen (secondary N) is 1. The average Bonchev–Trinajstić information content (AvgIpc) is 3.08. The van der Waals surface area contributed by atoms with Gasteiger partial charge in [0.1, 0.15) is 11.8 Å². The molecule has 1 aromatic rings. The highest BCUT2D eigenvalue weighted by molar-refractivity contribution is 5.90. The fourth-order valence-electron chi connectivity index (χ4n) is 4.55. The van der Waals surface area contributed by atoms with Gasteiger partial charge in [-0.2, -0.15) is 13.8 Å². The third-order valence-electron chi connectivity index (χ3n) is 6.72. The van der Waals surface area contributed by atoms with Gasteiger partial charge in [-0.25, -0.2) is 13.6 Å². The Morgan fingerprint density at radius 1 is 1.05 bits per heavy atom. The molecule has 0 radical (unpaired) electrons. The topological polar surface area (TPSA) is 80.8 Å². The molecule has 1 atom stereocenters. The van der Waals surface area contributed by atoms with Crippen LogP contribution in [0.1, 0.15) is 0 Å². The van der Waals surface area contributed by atoms with E-state index in [-0.39, 0.29) is 37.6 Å². The molecule has 14 heteroatoms. The van der Waals surface area contributed by atoms with Crippen LogP contribution in [0.15, 0.2) is 12.1 Å². The summed E-state index contributed by atoms with van der Waals surface area (Å²) in [5.41, 5.74) is -0.270. The fraction of sp³-hybridized carbons (Fsp3) is 0.652. The van der Waals surface area contributed by atoms with E-state index in [9.17, 15) is 18.4 Å². The molecular formula is C23H32F4N6O4. The SMILES string of the molecule is CN1CCN(CCN2CCN(c3c(F)cc(N4CC(CNC(=O)C(F)F)OC4=O)cc3F)CCO2)CC1. The van der Waals surface area contributed by atoms with Crippen molar-refractivity contribution >= 4 is 23.4 Å². The monoisotopic (exact) mass is 532 g/mol. The number of hydrogen-bond donors (Lipinski definition) is 1. The van der Waals surface area contributed by atoms with Crippen molar-refractivity contribution in [1.29, 1.82) is 0 Å². The van der Waals surface area contributed by atoms with Gasteiger partial charge < -0.3 is 19.9 Å². The Bertz CT molecular complexity index is 942. The lowest BCUT2D eigenvalue weighted by molar-refractivity contribution is -0.150. The van der Waals surface area contributed by atoms with E-state index in [1.807, 2.05) is 10.4 Å². The summed E-state index contributed by atoms with van der Waals surface area (Å²) in [7, 11) is 2.10. The molecule has 0 aliphatic carbocycles. The Labute approximate surface area is 212 Å². The minimum Gasteiger partial charge on any atom is -0.442 e.